The molecular formula is C12H16N2O3S. The fourth-order valence-corrected chi connectivity index (χ4v) is 2.48. The fraction of sp³-hybridized carbons (Fsp3) is 0.417. The summed E-state index contributed by atoms with van der Waals surface area (Å²) in [5.41, 5.74) is 0.427. The second kappa shape index (κ2) is 6.50. The molecule has 0 amide bonds. The van der Waals surface area contributed by atoms with Gasteiger partial charge >= 0.3 is 0 Å². The summed E-state index contributed by atoms with van der Waals surface area (Å²) >= 11 is 0. The van der Waals surface area contributed by atoms with Gasteiger partial charge in [-0.1, -0.05) is 0 Å². The van der Waals surface area contributed by atoms with Crippen LogP contribution in [-0.4, -0.2) is 27.7 Å². The largest absolute Gasteiger partial charge is 0.377 e. The van der Waals surface area contributed by atoms with Crippen molar-refractivity contribution in [1.82, 2.24) is 4.72 Å². The lowest BCUT2D eigenvalue weighted by Gasteiger charge is -2.12. The third-order valence-electron chi connectivity index (χ3n) is 2.31. The summed E-state index contributed by atoms with van der Waals surface area (Å²) in [7, 11) is -3.54. The first-order valence-corrected chi connectivity index (χ1v) is 7.09. The molecule has 0 aliphatic heterocycles. The summed E-state index contributed by atoms with van der Waals surface area (Å²) in [5.74, 6) is 0. The van der Waals surface area contributed by atoms with Crippen molar-refractivity contribution in [2.45, 2.75) is 24.8 Å². The number of hydrogen-bond acceptors (Lipinski definition) is 4. The highest BCUT2D eigenvalue weighted by Gasteiger charge is 2.14. The van der Waals surface area contributed by atoms with Crippen molar-refractivity contribution in [2.75, 3.05) is 13.2 Å². The van der Waals surface area contributed by atoms with Gasteiger partial charge in [0.1, 0.15) is 0 Å². The molecule has 1 rings (SSSR count). The predicted molar refractivity (Wildman–Crippen MR) is 67.4 cm³/mol. The van der Waals surface area contributed by atoms with Gasteiger partial charge in [-0.15, -0.1) is 0 Å². The van der Waals surface area contributed by atoms with E-state index in [0.717, 1.165) is 0 Å². The summed E-state index contributed by atoms with van der Waals surface area (Å²) in [6.07, 6.45) is -0.178. The van der Waals surface area contributed by atoms with Gasteiger partial charge in [0.05, 0.1) is 22.6 Å². The molecular weight excluding hydrogens is 252 g/mol. The van der Waals surface area contributed by atoms with Crippen molar-refractivity contribution in [3.63, 3.8) is 0 Å². The molecule has 1 unspecified atom stereocenters. The van der Waals surface area contributed by atoms with E-state index in [1.165, 1.54) is 24.3 Å². The number of sulfonamides is 1. The maximum Gasteiger partial charge on any atom is 0.240 e. The molecule has 98 valence electrons. The maximum atomic E-state index is 11.9. The molecule has 18 heavy (non-hydrogen) atoms. The lowest BCUT2D eigenvalue weighted by Crippen LogP contribution is -2.32. The van der Waals surface area contributed by atoms with E-state index in [1.807, 2.05) is 13.0 Å². The Morgan fingerprint density at radius 3 is 2.50 bits per heavy atom. The van der Waals surface area contributed by atoms with Crippen molar-refractivity contribution >= 4 is 10.0 Å². The molecule has 6 heteroatoms. The first-order chi connectivity index (χ1) is 8.49. The second-order valence-corrected chi connectivity index (χ2v) is 5.52. The Morgan fingerprint density at radius 2 is 2.00 bits per heavy atom. The van der Waals surface area contributed by atoms with E-state index >= 15 is 0 Å². The van der Waals surface area contributed by atoms with E-state index in [4.69, 9.17) is 10.00 Å². The van der Waals surface area contributed by atoms with Gasteiger partial charge in [-0.25, -0.2) is 13.1 Å². The molecule has 5 nitrogen and oxygen atoms in total. The Morgan fingerprint density at radius 1 is 1.39 bits per heavy atom. The highest BCUT2D eigenvalue weighted by molar-refractivity contribution is 7.89. The molecule has 0 aliphatic rings. The summed E-state index contributed by atoms with van der Waals surface area (Å²) in [5, 5.41) is 8.63. The number of nitriles is 1. The molecule has 0 aliphatic carbocycles. The van der Waals surface area contributed by atoms with Crippen molar-refractivity contribution in [3.05, 3.63) is 29.8 Å². The van der Waals surface area contributed by atoms with Gasteiger partial charge in [0.2, 0.25) is 10.0 Å². The van der Waals surface area contributed by atoms with Crippen LogP contribution in [0.1, 0.15) is 19.4 Å². The Hall–Kier alpha value is -1.42. The van der Waals surface area contributed by atoms with Crippen LogP contribution in [0.15, 0.2) is 29.2 Å². The number of ether oxygens (including phenoxy) is 1. The Kier molecular flexibility index (Phi) is 5.28. The van der Waals surface area contributed by atoms with E-state index < -0.39 is 10.0 Å². The molecule has 0 bridgehead atoms. The van der Waals surface area contributed by atoms with Gasteiger partial charge < -0.3 is 4.74 Å². The van der Waals surface area contributed by atoms with Crippen LogP contribution < -0.4 is 4.72 Å². The smallest absolute Gasteiger partial charge is 0.240 e. The van der Waals surface area contributed by atoms with Gasteiger partial charge in [0, 0.05) is 13.2 Å². The molecule has 0 saturated carbocycles. The number of nitrogens with one attached hydrogen (secondary N) is 1. The molecule has 0 spiro atoms. The zero-order valence-electron chi connectivity index (χ0n) is 10.4. The van der Waals surface area contributed by atoms with Crippen LogP contribution >= 0.6 is 0 Å². The third kappa shape index (κ3) is 4.11. The highest BCUT2D eigenvalue weighted by Crippen LogP contribution is 2.09. The number of nitrogens with zero attached hydrogens (tertiary/aromatic N) is 1. The first-order valence-electron chi connectivity index (χ1n) is 5.61. The van der Waals surface area contributed by atoms with Crippen LogP contribution in [0.5, 0.6) is 0 Å². The van der Waals surface area contributed by atoms with Gasteiger partial charge in [-0.2, -0.15) is 5.26 Å². The van der Waals surface area contributed by atoms with Gasteiger partial charge in [0.25, 0.3) is 0 Å². The molecule has 0 heterocycles. The van der Waals surface area contributed by atoms with Gasteiger partial charge in [0.15, 0.2) is 0 Å². The molecule has 1 N–H and O–H groups in total. The van der Waals surface area contributed by atoms with Crippen molar-refractivity contribution < 1.29 is 13.2 Å². The minimum atomic E-state index is -3.54. The van der Waals surface area contributed by atoms with Crippen LogP contribution in [-0.2, 0) is 14.8 Å². The average Bonchev–Trinajstić information content (AvgIpc) is 2.37. The van der Waals surface area contributed by atoms with Gasteiger partial charge in [-0.3, -0.25) is 0 Å². The molecule has 0 saturated heterocycles. The third-order valence-corrected chi connectivity index (χ3v) is 3.75. The summed E-state index contributed by atoms with van der Waals surface area (Å²) in [6.45, 7) is 4.41. The lowest BCUT2D eigenvalue weighted by atomic mass is 10.2. The highest BCUT2D eigenvalue weighted by atomic mass is 32.2. The summed E-state index contributed by atoms with van der Waals surface area (Å²) in [4.78, 5) is 0.144. The topological polar surface area (TPSA) is 79.2 Å². The Bertz CT molecular complexity index is 517. The minimum absolute atomic E-state index is 0.144. The normalized spacial score (nSPS) is 12.9. The summed E-state index contributed by atoms with van der Waals surface area (Å²) < 4.78 is 31.5. The molecule has 0 fully saturated rings. The summed E-state index contributed by atoms with van der Waals surface area (Å²) in [6, 6.07) is 7.70. The van der Waals surface area contributed by atoms with Crippen molar-refractivity contribution in [3.8, 4) is 6.07 Å². The lowest BCUT2D eigenvalue weighted by molar-refractivity contribution is 0.0799. The van der Waals surface area contributed by atoms with Crippen molar-refractivity contribution in [1.29, 1.82) is 5.26 Å². The number of hydrogen-bond donors (Lipinski definition) is 1. The maximum absolute atomic E-state index is 11.9. The Labute approximate surface area is 107 Å². The Balaban J connectivity index is 2.71. The van der Waals surface area contributed by atoms with Crippen LogP contribution in [0.4, 0.5) is 0 Å². The quantitative estimate of drug-likeness (QED) is 0.842. The van der Waals surface area contributed by atoms with E-state index in [1.54, 1.807) is 6.92 Å². The van der Waals surface area contributed by atoms with Crippen LogP contribution in [0.25, 0.3) is 0 Å². The van der Waals surface area contributed by atoms with E-state index in [-0.39, 0.29) is 17.5 Å². The molecule has 1 aromatic rings. The SMILES string of the molecule is CCOC(C)CNS(=O)(=O)c1ccc(C#N)cc1. The zero-order chi connectivity index (χ0) is 13.6. The van der Waals surface area contributed by atoms with Crippen LogP contribution in [0, 0.1) is 11.3 Å². The average molecular weight is 268 g/mol. The van der Waals surface area contributed by atoms with E-state index in [2.05, 4.69) is 4.72 Å². The fourth-order valence-electron chi connectivity index (χ4n) is 1.36. The second-order valence-electron chi connectivity index (χ2n) is 3.75. The monoisotopic (exact) mass is 268 g/mol. The molecule has 0 aromatic heterocycles. The molecule has 1 aromatic carbocycles. The van der Waals surface area contributed by atoms with Crippen molar-refractivity contribution in [2.24, 2.45) is 0 Å². The predicted octanol–water partition coefficient (Wildman–Crippen LogP) is 1.26. The molecule has 0 radical (unpaired) electrons. The van der Waals surface area contributed by atoms with Gasteiger partial charge in [-0.05, 0) is 38.1 Å². The van der Waals surface area contributed by atoms with E-state index in [9.17, 15) is 8.42 Å². The standard InChI is InChI=1S/C12H16N2O3S/c1-3-17-10(2)9-14-18(15,16)12-6-4-11(8-13)5-7-12/h4-7,10,14H,3,9H2,1-2H3. The number of benzene rings is 1. The minimum Gasteiger partial charge on any atom is -0.377 e. The first kappa shape index (κ1) is 14.6. The molecule has 1 atom stereocenters. The van der Waals surface area contributed by atoms with E-state index in [0.29, 0.717) is 12.2 Å². The zero-order valence-corrected chi connectivity index (χ0v) is 11.2. The van der Waals surface area contributed by atoms with Crippen LogP contribution in [0.3, 0.4) is 0 Å². The van der Waals surface area contributed by atoms with Crippen LogP contribution in [0.2, 0.25) is 0 Å². The number of rotatable bonds is 6.